The van der Waals surface area contributed by atoms with Crippen molar-refractivity contribution in [1.82, 2.24) is 0 Å². The molecule has 5 fully saturated rings. The molecule has 5 rings (SSSR count). The summed E-state index contributed by atoms with van der Waals surface area (Å²) < 4.78 is 0. The average Bonchev–Trinajstić information content (AvgIpc) is 2.64. The highest BCUT2D eigenvalue weighted by Gasteiger charge is 2.96. The Kier molecular flexibility index (Phi) is 1.61. The van der Waals surface area contributed by atoms with E-state index >= 15 is 0 Å². The molecule has 5 aliphatic rings. The van der Waals surface area contributed by atoms with Crippen LogP contribution in [0.3, 0.4) is 0 Å². The van der Waals surface area contributed by atoms with Gasteiger partial charge in [0.25, 0.3) is 0 Å². The molecule has 6 bridgehead atoms. The first-order valence-electron chi connectivity index (χ1n) is 7.43. The van der Waals surface area contributed by atoms with Crippen LogP contribution in [0.4, 0.5) is 0 Å². The standard InChI is InChI=1S/C16H22O4/c1-11-5-15(9(17)18)6-12(11,2)14(4)8-16(15,10(19)20)7-13(11,14)3/h5-8H2,1-4H3,(H,17,18)(H,19,20). The summed E-state index contributed by atoms with van der Waals surface area (Å²) in [5.74, 6) is -1.78. The first kappa shape index (κ1) is 12.7. The summed E-state index contributed by atoms with van der Waals surface area (Å²) in [7, 11) is 0. The maximum atomic E-state index is 12.1. The Morgan fingerprint density at radius 3 is 1.00 bits per heavy atom. The van der Waals surface area contributed by atoms with Crippen LogP contribution in [-0.2, 0) is 9.59 Å². The zero-order valence-corrected chi connectivity index (χ0v) is 12.5. The van der Waals surface area contributed by atoms with Crippen molar-refractivity contribution in [2.24, 2.45) is 32.5 Å². The third kappa shape index (κ3) is 0.674. The first-order chi connectivity index (χ1) is 8.97. The van der Waals surface area contributed by atoms with Crippen molar-refractivity contribution in [2.75, 3.05) is 0 Å². The summed E-state index contributed by atoms with van der Waals surface area (Å²) >= 11 is 0. The van der Waals surface area contributed by atoms with Crippen LogP contribution in [0.15, 0.2) is 0 Å². The molecular weight excluding hydrogens is 256 g/mol. The molecule has 5 aliphatic carbocycles. The molecule has 0 heterocycles. The second kappa shape index (κ2) is 2.55. The van der Waals surface area contributed by atoms with Crippen molar-refractivity contribution >= 4 is 11.9 Å². The third-order valence-corrected chi connectivity index (χ3v) is 9.23. The Morgan fingerprint density at radius 1 is 0.650 bits per heavy atom. The average molecular weight is 278 g/mol. The topological polar surface area (TPSA) is 74.6 Å². The lowest BCUT2D eigenvalue weighted by Gasteiger charge is -2.76. The molecule has 0 spiro atoms. The maximum Gasteiger partial charge on any atom is 0.310 e. The van der Waals surface area contributed by atoms with Crippen molar-refractivity contribution in [3.05, 3.63) is 0 Å². The molecule has 20 heavy (non-hydrogen) atoms. The Balaban J connectivity index is 2.06. The fourth-order valence-corrected chi connectivity index (χ4v) is 7.86. The van der Waals surface area contributed by atoms with Crippen LogP contribution >= 0.6 is 0 Å². The van der Waals surface area contributed by atoms with Crippen molar-refractivity contribution in [3.63, 3.8) is 0 Å². The van der Waals surface area contributed by atoms with E-state index in [1.165, 1.54) is 0 Å². The fourth-order valence-electron chi connectivity index (χ4n) is 7.86. The van der Waals surface area contributed by atoms with E-state index in [2.05, 4.69) is 27.7 Å². The van der Waals surface area contributed by atoms with Gasteiger partial charge in [0.2, 0.25) is 0 Å². The Hall–Kier alpha value is -1.06. The third-order valence-electron chi connectivity index (χ3n) is 9.23. The van der Waals surface area contributed by atoms with Gasteiger partial charge >= 0.3 is 11.9 Å². The van der Waals surface area contributed by atoms with Gasteiger partial charge in [0.1, 0.15) is 0 Å². The molecule has 0 amide bonds. The van der Waals surface area contributed by atoms with Gasteiger partial charge < -0.3 is 10.2 Å². The molecule has 5 saturated carbocycles. The number of carboxylic acid groups (broad SMARTS) is 2. The minimum atomic E-state index is -1.06. The lowest BCUT2D eigenvalue weighted by Crippen LogP contribution is -2.70. The van der Waals surface area contributed by atoms with Crippen LogP contribution in [0, 0.1) is 32.5 Å². The summed E-state index contributed by atoms with van der Waals surface area (Å²) in [4.78, 5) is 24.1. The highest BCUT2D eigenvalue weighted by molar-refractivity contribution is 5.90. The molecule has 2 N–H and O–H groups in total. The molecule has 0 aromatic rings. The number of carbonyl (C=O) groups is 2. The molecule has 0 atom stereocenters. The van der Waals surface area contributed by atoms with Crippen molar-refractivity contribution in [2.45, 2.75) is 53.4 Å². The van der Waals surface area contributed by atoms with Gasteiger partial charge in [-0.15, -0.1) is 0 Å². The monoisotopic (exact) mass is 278 g/mol. The Labute approximate surface area is 118 Å². The molecule has 0 saturated heterocycles. The summed E-state index contributed by atoms with van der Waals surface area (Å²) in [5, 5.41) is 19.8. The van der Waals surface area contributed by atoms with E-state index in [4.69, 9.17) is 0 Å². The van der Waals surface area contributed by atoms with E-state index in [1.54, 1.807) is 0 Å². The molecule has 4 heteroatoms. The quantitative estimate of drug-likeness (QED) is 0.814. The Bertz CT molecular complexity index is 495. The zero-order valence-electron chi connectivity index (χ0n) is 12.5. The number of aliphatic carboxylic acids is 2. The second-order valence-electron chi connectivity index (χ2n) is 8.81. The first-order valence-corrected chi connectivity index (χ1v) is 7.43. The summed E-state index contributed by atoms with van der Waals surface area (Å²) in [6.45, 7) is 8.82. The Morgan fingerprint density at radius 2 is 0.850 bits per heavy atom. The van der Waals surface area contributed by atoms with Gasteiger partial charge in [0.05, 0.1) is 10.8 Å². The summed E-state index contributed by atoms with van der Waals surface area (Å²) in [6.07, 6.45) is 2.13. The van der Waals surface area contributed by atoms with Crippen LogP contribution in [0.2, 0.25) is 0 Å². The number of hydrogen-bond donors (Lipinski definition) is 2. The maximum absolute atomic E-state index is 12.1. The summed E-state index contributed by atoms with van der Waals surface area (Å²) in [5.41, 5.74) is -2.27. The van der Waals surface area contributed by atoms with Gasteiger partial charge in [-0.05, 0) is 47.3 Å². The van der Waals surface area contributed by atoms with E-state index in [0.717, 1.165) is 0 Å². The fraction of sp³-hybridized carbons (Fsp3) is 0.875. The van der Waals surface area contributed by atoms with E-state index in [0.29, 0.717) is 25.7 Å². The largest absolute Gasteiger partial charge is 0.481 e. The van der Waals surface area contributed by atoms with E-state index in [1.807, 2.05) is 0 Å². The van der Waals surface area contributed by atoms with Crippen molar-refractivity contribution in [1.29, 1.82) is 0 Å². The normalized spacial score (nSPS) is 65.2. The number of hydrogen-bond acceptors (Lipinski definition) is 2. The smallest absolute Gasteiger partial charge is 0.310 e. The van der Waals surface area contributed by atoms with E-state index in [-0.39, 0.29) is 21.7 Å². The minimum absolute atomic E-state index is 0.0391. The molecule has 0 unspecified atom stereocenters. The van der Waals surface area contributed by atoms with Gasteiger partial charge in [-0.1, -0.05) is 27.7 Å². The van der Waals surface area contributed by atoms with Gasteiger partial charge in [-0.2, -0.15) is 0 Å². The van der Waals surface area contributed by atoms with Crippen LogP contribution in [-0.4, -0.2) is 22.2 Å². The van der Waals surface area contributed by atoms with Crippen molar-refractivity contribution in [3.8, 4) is 0 Å². The van der Waals surface area contributed by atoms with Crippen LogP contribution in [0.5, 0.6) is 0 Å². The SMILES string of the molecule is CC12CC3(C(=O)O)CC1(C)C1(C)CC3(C(=O)O)CC21C. The molecule has 0 aliphatic heterocycles. The lowest BCUT2D eigenvalue weighted by molar-refractivity contribution is -0.283. The number of carboxylic acids is 2. The van der Waals surface area contributed by atoms with E-state index in [9.17, 15) is 19.8 Å². The molecule has 0 aromatic heterocycles. The van der Waals surface area contributed by atoms with Gasteiger partial charge in [-0.25, -0.2) is 0 Å². The molecule has 4 nitrogen and oxygen atoms in total. The predicted octanol–water partition coefficient (Wildman–Crippen LogP) is 2.77. The van der Waals surface area contributed by atoms with E-state index < -0.39 is 22.8 Å². The lowest BCUT2D eigenvalue weighted by atomic mass is 9.28. The van der Waals surface area contributed by atoms with Gasteiger partial charge in [0, 0.05) is 0 Å². The molecule has 110 valence electrons. The van der Waals surface area contributed by atoms with Gasteiger partial charge in [0.15, 0.2) is 0 Å². The van der Waals surface area contributed by atoms with Crippen LogP contribution < -0.4 is 0 Å². The highest BCUT2D eigenvalue weighted by Crippen LogP contribution is 2.99. The second-order valence-corrected chi connectivity index (χ2v) is 8.81. The van der Waals surface area contributed by atoms with Crippen molar-refractivity contribution < 1.29 is 19.8 Å². The molecular formula is C16H22O4. The predicted molar refractivity (Wildman–Crippen MR) is 71.0 cm³/mol. The minimum Gasteiger partial charge on any atom is -0.481 e. The van der Waals surface area contributed by atoms with Crippen LogP contribution in [0.25, 0.3) is 0 Å². The molecule has 0 aromatic carbocycles. The summed E-state index contributed by atoms with van der Waals surface area (Å²) in [6, 6.07) is 0. The van der Waals surface area contributed by atoms with Gasteiger partial charge in [-0.3, -0.25) is 9.59 Å². The van der Waals surface area contributed by atoms with Crippen LogP contribution in [0.1, 0.15) is 53.4 Å². The zero-order chi connectivity index (χ0) is 15.0. The highest BCUT2D eigenvalue weighted by atomic mass is 16.4. The number of rotatable bonds is 2. The molecule has 0 radical (unpaired) electrons.